The van der Waals surface area contributed by atoms with Gasteiger partial charge in [-0.05, 0) is 26.8 Å². The van der Waals surface area contributed by atoms with Gasteiger partial charge in [-0.2, -0.15) is 0 Å². The Bertz CT molecular complexity index is 633. The second-order valence-corrected chi connectivity index (χ2v) is 8.64. The van der Waals surface area contributed by atoms with Crippen LogP contribution < -0.4 is 10.2 Å². The molecule has 0 aliphatic carbocycles. The lowest BCUT2D eigenvalue weighted by molar-refractivity contribution is -0.0667. The van der Waals surface area contributed by atoms with Crippen molar-refractivity contribution in [2.75, 3.05) is 57.3 Å². The van der Waals surface area contributed by atoms with Crippen LogP contribution in [0.1, 0.15) is 34.6 Å². The van der Waals surface area contributed by atoms with Crippen molar-refractivity contribution in [1.29, 1.82) is 0 Å². The minimum atomic E-state index is 0.134. The smallest absolute Gasteiger partial charge is 0.225 e. The Morgan fingerprint density at radius 3 is 2.33 bits per heavy atom. The van der Waals surface area contributed by atoms with Gasteiger partial charge in [-0.15, -0.1) is 0 Å². The van der Waals surface area contributed by atoms with E-state index in [4.69, 9.17) is 4.99 Å². The number of guanidine groups is 1. The quantitative estimate of drug-likeness (QED) is 0.626. The summed E-state index contributed by atoms with van der Waals surface area (Å²) in [6.07, 6.45) is 3.62. The normalized spacial score (nSPS) is 22.5. The molecule has 2 fully saturated rings. The summed E-state index contributed by atoms with van der Waals surface area (Å²) in [6.45, 7) is 19.2. The zero-order chi connectivity index (χ0) is 19.5. The minimum Gasteiger partial charge on any atom is -0.356 e. The van der Waals surface area contributed by atoms with E-state index >= 15 is 0 Å². The molecule has 7 heteroatoms. The van der Waals surface area contributed by atoms with E-state index in [-0.39, 0.29) is 5.54 Å². The largest absolute Gasteiger partial charge is 0.356 e. The fourth-order valence-corrected chi connectivity index (χ4v) is 3.72. The van der Waals surface area contributed by atoms with E-state index in [0.717, 1.165) is 64.3 Å². The second-order valence-electron chi connectivity index (χ2n) is 8.64. The summed E-state index contributed by atoms with van der Waals surface area (Å²) in [5.41, 5.74) is 0.453. The maximum atomic E-state index is 4.92. The third kappa shape index (κ3) is 4.18. The summed E-state index contributed by atoms with van der Waals surface area (Å²) in [5.74, 6) is 1.89. The fourth-order valence-electron chi connectivity index (χ4n) is 3.72. The van der Waals surface area contributed by atoms with Crippen LogP contribution in [0, 0.1) is 5.41 Å². The van der Waals surface area contributed by atoms with E-state index in [9.17, 15) is 0 Å². The first-order chi connectivity index (χ1) is 12.8. The average Bonchev–Trinajstić information content (AvgIpc) is 2.67. The van der Waals surface area contributed by atoms with Crippen LogP contribution in [-0.2, 0) is 0 Å². The number of piperazine rings is 1. The topological polar surface area (TPSA) is 59.9 Å². The molecule has 3 heterocycles. The molecule has 7 nitrogen and oxygen atoms in total. The van der Waals surface area contributed by atoms with Crippen LogP contribution in [0.15, 0.2) is 23.5 Å². The van der Waals surface area contributed by atoms with Gasteiger partial charge in [-0.3, -0.25) is 9.89 Å². The van der Waals surface area contributed by atoms with Crippen molar-refractivity contribution >= 4 is 11.9 Å². The van der Waals surface area contributed by atoms with Crippen LogP contribution in [0.2, 0.25) is 0 Å². The summed E-state index contributed by atoms with van der Waals surface area (Å²) in [7, 11) is 0. The molecule has 27 heavy (non-hydrogen) atoms. The summed E-state index contributed by atoms with van der Waals surface area (Å²) < 4.78 is 0. The first-order valence-corrected chi connectivity index (χ1v) is 10.2. The molecular weight excluding hydrogens is 338 g/mol. The number of hydrogen-bond acceptors (Lipinski definition) is 5. The van der Waals surface area contributed by atoms with Crippen LogP contribution in [0.4, 0.5) is 5.95 Å². The summed E-state index contributed by atoms with van der Waals surface area (Å²) in [4.78, 5) is 20.8. The number of likely N-dealkylation sites (tertiary alicyclic amines) is 1. The van der Waals surface area contributed by atoms with Crippen molar-refractivity contribution in [3.05, 3.63) is 18.5 Å². The van der Waals surface area contributed by atoms with Crippen LogP contribution >= 0.6 is 0 Å². The maximum absolute atomic E-state index is 4.92. The van der Waals surface area contributed by atoms with Gasteiger partial charge in [0.25, 0.3) is 0 Å². The molecule has 2 aliphatic rings. The van der Waals surface area contributed by atoms with Gasteiger partial charge in [0.1, 0.15) is 0 Å². The molecule has 1 N–H and O–H groups in total. The first kappa shape index (κ1) is 19.9. The lowest BCUT2D eigenvalue weighted by atomic mass is 9.65. The number of aromatic nitrogens is 2. The standard InChI is InChI=1S/C20H35N7/c1-6-21-18(27-16-19(2,3)20(27,4)5)24-10-11-25-12-14-26(15-13-25)17-22-8-7-9-23-17/h7-9H,6,10-16H2,1-5H3,(H,21,24). The number of nitrogens with one attached hydrogen (secondary N) is 1. The van der Waals surface area contributed by atoms with Crippen molar-refractivity contribution in [2.24, 2.45) is 10.4 Å². The minimum absolute atomic E-state index is 0.134. The Kier molecular flexibility index (Phi) is 5.89. The zero-order valence-electron chi connectivity index (χ0n) is 17.6. The number of aliphatic imine (C=N–C) groups is 1. The molecule has 0 bridgehead atoms. The van der Waals surface area contributed by atoms with Crippen LogP contribution in [0.3, 0.4) is 0 Å². The lowest BCUT2D eigenvalue weighted by Crippen LogP contribution is -2.72. The van der Waals surface area contributed by atoms with Gasteiger partial charge in [-0.25, -0.2) is 9.97 Å². The van der Waals surface area contributed by atoms with Crippen LogP contribution in [0.5, 0.6) is 0 Å². The molecule has 2 saturated heterocycles. The zero-order valence-corrected chi connectivity index (χ0v) is 17.6. The maximum Gasteiger partial charge on any atom is 0.225 e. The number of anilines is 1. The molecule has 1 aromatic heterocycles. The van der Waals surface area contributed by atoms with Crippen molar-refractivity contribution in [1.82, 2.24) is 25.1 Å². The molecule has 0 unspecified atom stereocenters. The van der Waals surface area contributed by atoms with Gasteiger partial charge < -0.3 is 15.1 Å². The number of nitrogens with zero attached hydrogens (tertiary/aromatic N) is 6. The van der Waals surface area contributed by atoms with Crippen molar-refractivity contribution in [2.45, 2.75) is 40.2 Å². The highest BCUT2D eigenvalue weighted by Crippen LogP contribution is 2.46. The molecule has 0 atom stereocenters. The molecule has 0 saturated carbocycles. The Labute approximate surface area is 163 Å². The summed E-state index contributed by atoms with van der Waals surface area (Å²) in [5, 5.41) is 3.48. The number of rotatable bonds is 5. The van der Waals surface area contributed by atoms with E-state index in [1.54, 1.807) is 0 Å². The van der Waals surface area contributed by atoms with Gasteiger partial charge in [-0.1, -0.05) is 13.8 Å². The fraction of sp³-hybridized carbons (Fsp3) is 0.750. The van der Waals surface area contributed by atoms with Gasteiger partial charge >= 0.3 is 0 Å². The Hall–Kier alpha value is -1.89. The van der Waals surface area contributed by atoms with Gasteiger partial charge in [0.15, 0.2) is 5.96 Å². The van der Waals surface area contributed by atoms with Crippen molar-refractivity contribution < 1.29 is 0 Å². The third-order valence-electron chi connectivity index (χ3n) is 6.36. The predicted octanol–water partition coefficient (Wildman–Crippen LogP) is 1.68. The molecular formula is C20H35N7. The Balaban J connectivity index is 1.49. The van der Waals surface area contributed by atoms with E-state index in [0.29, 0.717) is 5.41 Å². The molecule has 150 valence electrons. The van der Waals surface area contributed by atoms with Gasteiger partial charge in [0, 0.05) is 69.2 Å². The van der Waals surface area contributed by atoms with Crippen molar-refractivity contribution in [3.8, 4) is 0 Å². The highest BCUT2D eigenvalue weighted by molar-refractivity contribution is 5.82. The Morgan fingerprint density at radius 2 is 1.78 bits per heavy atom. The molecule has 0 spiro atoms. The SMILES string of the molecule is CCNC(=NCCN1CCN(c2ncccn2)CC1)N1CC(C)(C)C1(C)C. The number of hydrogen-bond donors (Lipinski definition) is 1. The summed E-state index contributed by atoms with van der Waals surface area (Å²) >= 11 is 0. The molecule has 0 aromatic carbocycles. The molecule has 3 rings (SSSR count). The van der Waals surface area contributed by atoms with Crippen LogP contribution in [0.25, 0.3) is 0 Å². The molecule has 0 radical (unpaired) electrons. The highest BCUT2D eigenvalue weighted by atomic mass is 15.4. The molecule has 2 aliphatic heterocycles. The summed E-state index contributed by atoms with van der Waals surface area (Å²) in [6, 6.07) is 1.86. The van der Waals surface area contributed by atoms with Gasteiger partial charge in [0.2, 0.25) is 5.95 Å². The Morgan fingerprint density at radius 1 is 1.11 bits per heavy atom. The highest BCUT2D eigenvalue weighted by Gasteiger charge is 2.53. The van der Waals surface area contributed by atoms with Gasteiger partial charge in [0.05, 0.1) is 6.54 Å². The molecule has 0 amide bonds. The second kappa shape index (κ2) is 8.00. The predicted molar refractivity (Wildman–Crippen MR) is 111 cm³/mol. The molecule has 1 aromatic rings. The lowest BCUT2D eigenvalue weighted by Gasteiger charge is -2.62. The van der Waals surface area contributed by atoms with E-state index in [1.165, 1.54) is 0 Å². The van der Waals surface area contributed by atoms with E-state index in [2.05, 4.69) is 64.6 Å². The van der Waals surface area contributed by atoms with E-state index in [1.807, 2.05) is 18.5 Å². The first-order valence-electron chi connectivity index (χ1n) is 10.2. The average molecular weight is 374 g/mol. The third-order valence-corrected chi connectivity index (χ3v) is 6.36. The monoisotopic (exact) mass is 373 g/mol. The van der Waals surface area contributed by atoms with Crippen LogP contribution in [-0.4, -0.2) is 83.6 Å². The van der Waals surface area contributed by atoms with Crippen molar-refractivity contribution in [3.63, 3.8) is 0 Å². The van der Waals surface area contributed by atoms with E-state index < -0.39 is 0 Å².